The van der Waals surface area contributed by atoms with Crippen molar-refractivity contribution in [3.05, 3.63) is 0 Å². The number of hydroxylamine groups is 2. The lowest BCUT2D eigenvalue weighted by molar-refractivity contribution is -0.162. The summed E-state index contributed by atoms with van der Waals surface area (Å²) in [7, 11) is -4.74. The van der Waals surface area contributed by atoms with E-state index < -0.39 is 76.7 Å². The van der Waals surface area contributed by atoms with Crippen LogP contribution in [0.2, 0.25) is 0 Å². The monoisotopic (exact) mass is 650 g/mol. The van der Waals surface area contributed by atoms with E-state index in [0.717, 1.165) is 0 Å². The molecule has 2 rings (SSSR count). The predicted molar refractivity (Wildman–Crippen MR) is 153 cm³/mol. The molecule has 2 fully saturated rings. The highest BCUT2D eigenvalue weighted by molar-refractivity contribution is 7.81. The molecule has 17 heteroatoms. The Hall–Kier alpha value is -3.18. The van der Waals surface area contributed by atoms with Crippen molar-refractivity contribution in [2.45, 2.75) is 92.8 Å². The van der Waals surface area contributed by atoms with Crippen LogP contribution in [0, 0.1) is 10.8 Å². The molecule has 2 aliphatic heterocycles. The second-order valence-corrected chi connectivity index (χ2v) is 13.6. The van der Waals surface area contributed by atoms with Gasteiger partial charge < -0.3 is 29.3 Å². The lowest BCUT2D eigenvalue weighted by Gasteiger charge is -2.33. The molecule has 0 aliphatic carbocycles. The van der Waals surface area contributed by atoms with Gasteiger partial charge in [0.15, 0.2) is 0 Å². The van der Waals surface area contributed by atoms with Gasteiger partial charge in [-0.1, -0.05) is 6.92 Å². The first-order valence-corrected chi connectivity index (χ1v) is 15.9. The van der Waals surface area contributed by atoms with Gasteiger partial charge in [0.05, 0.1) is 30.1 Å². The zero-order chi connectivity index (χ0) is 33.5. The van der Waals surface area contributed by atoms with E-state index >= 15 is 0 Å². The third-order valence-corrected chi connectivity index (χ3v) is 7.76. The number of rotatable bonds is 13. The van der Waals surface area contributed by atoms with E-state index in [-0.39, 0.29) is 25.6 Å². The Morgan fingerprint density at radius 2 is 1.59 bits per heavy atom. The fourth-order valence-electron chi connectivity index (χ4n) is 4.33. The molecule has 0 aromatic carbocycles. The topological polar surface area (TPSA) is 187 Å². The van der Waals surface area contributed by atoms with Gasteiger partial charge in [0, 0.05) is 25.7 Å². The molecule has 252 valence electrons. The Morgan fingerprint density at radius 1 is 0.977 bits per heavy atom. The summed E-state index contributed by atoms with van der Waals surface area (Å²) in [6.07, 6.45) is 0.461. The van der Waals surface area contributed by atoms with Crippen molar-refractivity contribution in [3.8, 4) is 0 Å². The number of hydrogen-bond donors (Lipinski definition) is 1. The van der Waals surface area contributed by atoms with Crippen molar-refractivity contribution in [2.75, 3.05) is 39.6 Å². The van der Waals surface area contributed by atoms with Crippen LogP contribution in [-0.2, 0) is 47.5 Å². The number of carbonyl (C=O) groups is 5. The number of likely N-dealkylation sites (tertiary alicyclic amines) is 1. The highest BCUT2D eigenvalue weighted by atomic mass is 32.3. The van der Waals surface area contributed by atoms with E-state index in [0.29, 0.717) is 31.0 Å². The average Bonchev–Trinajstić information content (AvgIpc) is 3.20. The van der Waals surface area contributed by atoms with Gasteiger partial charge in [-0.2, -0.15) is 13.5 Å². The molecule has 0 bridgehead atoms. The maximum absolute atomic E-state index is 13.2. The van der Waals surface area contributed by atoms with Gasteiger partial charge in [0.2, 0.25) is 12.7 Å². The average molecular weight is 651 g/mol. The van der Waals surface area contributed by atoms with Crippen LogP contribution in [0.25, 0.3) is 0 Å². The molecular formula is C27H46N4O12S. The number of piperidine rings is 1. The normalized spacial score (nSPS) is 19.0. The SMILES string of the molecule is CCOC(=O)C(C)(C)COS(=O)(=O)ON1C(=O)N([C@@H](CC)C(=O)NC2CCN(C(=O)OCOC(=O)C(C)(C)C)CC2)C[C@@H]1C. The van der Waals surface area contributed by atoms with Gasteiger partial charge in [0.25, 0.3) is 0 Å². The number of ether oxygens (including phenoxy) is 3. The lowest BCUT2D eigenvalue weighted by Crippen LogP contribution is -2.53. The Bertz CT molecular complexity index is 1160. The molecule has 0 radical (unpaired) electrons. The first-order chi connectivity index (χ1) is 20.3. The highest BCUT2D eigenvalue weighted by Gasteiger charge is 2.44. The Labute approximate surface area is 258 Å². The minimum atomic E-state index is -4.74. The minimum absolute atomic E-state index is 0.0126. The second kappa shape index (κ2) is 15.2. The molecule has 2 atom stereocenters. The predicted octanol–water partition coefficient (Wildman–Crippen LogP) is 1.94. The van der Waals surface area contributed by atoms with E-state index in [1.807, 2.05) is 0 Å². The van der Waals surface area contributed by atoms with Crippen molar-refractivity contribution in [1.82, 2.24) is 20.2 Å². The number of nitrogens with zero attached hydrogens (tertiary/aromatic N) is 3. The van der Waals surface area contributed by atoms with Crippen LogP contribution in [0.3, 0.4) is 0 Å². The van der Waals surface area contributed by atoms with Crippen molar-refractivity contribution in [3.63, 3.8) is 0 Å². The summed E-state index contributed by atoms with van der Waals surface area (Å²) in [6, 6.07) is -2.76. The Kier molecular flexibility index (Phi) is 12.8. The summed E-state index contributed by atoms with van der Waals surface area (Å²) in [5.74, 6) is -1.59. The smallest absolute Gasteiger partial charge is 0.421 e. The van der Waals surface area contributed by atoms with E-state index in [9.17, 15) is 32.4 Å². The van der Waals surface area contributed by atoms with E-state index in [2.05, 4.69) is 5.32 Å². The second-order valence-electron chi connectivity index (χ2n) is 12.4. The van der Waals surface area contributed by atoms with Crippen LogP contribution in [0.4, 0.5) is 9.59 Å². The molecular weight excluding hydrogens is 604 g/mol. The molecule has 2 heterocycles. The first kappa shape index (κ1) is 37.0. The van der Waals surface area contributed by atoms with Gasteiger partial charge in [-0.05, 0) is 67.7 Å². The van der Waals surface area contributed by atoms with Crippen LogP contribution >= 0.6 is 0 Å². The molecule has 0 unspecified atom stereocenters. The number of hydrogen-bond acceptors (Lipinski definition) is 12. The largest absolute Gasteiger partial charge is 0.466 e. The molecule has 0 spiro atoms. The highest BCUT2D eigenvalue weighted by Crippen LogP contribution is 2.25. The van der Waals surface area contributed by atoms with Gasteiger partial charge in [-0.25, -0.2) is 13.8 Å². The molecule has 2 aliphatic rings. The van der Waals surface area contributed by atoms with Crippen molar-refractivity contribution >= 4 is 40.4 Å². The Balaban J connectivity index is 1.89. The fraction of sp³-hybridized carbons (Fsp3) is 0.815. The first-order valence-electron chi connectivity index (χ1n) is 14.6. The number of amides is 4. The summed E-state index contributed by atoms with van der Waals surface area (Å²) >= 11 is 0. The summed E-state index contributed by atoms with van der Waals surface area (Å²) in [5, 5.41) is 3.54. The van der Waals surface area contributed by atoms with Crippen molar-refractivity contribution in [1.29, 1.82) is 0 Å². The van der Waals surface area contributed by atoms with Gasteiger partial charge in [-0.15, -0.1) is 4.28 Å². The van der Waals surface area contributed by atoms with Gasteiger partial charge in [0.1, 0.15) is 6.04 Å². The third-order valence-electron chi connectivity index (χ3n) is 7.01. The van der Waals surface area contributed by atoms with Gasteiger partial charge >= 0.3 is 34.5 Å². The minimum Gasteiger partial charge on any atom is -0.466 e. The summed E-state index contributed by atoms with van der Waals surface area (Å²) in [4.78, 5) is 65.2. The van der Waals surface area contributed by atoms with E-state index in [1.165, 1.54) is 23.6 Å². The molecule has 4 amide bonds. The number of esters is 2. The standard InChI is InChI=1S/C27H46N4O12S/c1-9-20(21(32)28-19-11-13-29(14-12-19)25(36)41-17-40-22(33)26(4,5)6)30-15-18(3)31(24(30)35)43-44(37,38)42-16-27(7,8)23(34)39-10-2/h18-20H,9-17H2,1-8H3,(H,28,32)/t18-,20-/m0/s1. The van der Waals surface area contributed by atoms with Crippen molar-refractivity contribution in [2.24, 2.45) is 10.8 Å². The molecule has 1 N–H and O–H groups in total. The van der Waals surface area contributed by atoms with Gasteiger partial charge in [-0.3, -0.25) is 14.4 Å². The molecule has 0 aromatic rings. The fourth-order valence-corrected chi connectivity index (χ4v) is 5.22. The van der Waals surface area contributed by atoms with Crippen LogP contribution in [-0.4, -0.2) is 111 Å². The van der Waals surface area contributed by atoms with Crippen LogP contribution in [0.1, 0.15) is 74.7 Å². The molecule has 2 saturated heterocycles. The zero-order valence-electron chi connectivity index (χ0n) is 26.7. The quantitative estimate of drug-likeness (QED) is 0.226. The number of nitrogens with one attached hydrogen (secondary N) is 1. The summed E-state index contributed by atoms with van der Waals surface area (Å²) < 4.78 is 49.7. The summed E-state index contributed by atoms with van der Waals surface area (Å²) in [6.45, 7) is 12.5. The Morgan fingerprint density at radius 3 is 2.14 bits per heavy atom. The van der Waals surface area contributed by atoms with Crippen LogP contribution in [0.5, 0.6) is 0 Å². The van der Waals surface area contributed by atoms with E-state index in [1.54, 1.807) is 41.5 Å². The van der Waals surface area contributed by atoms with Crippen molar-refractivity contribution < 1.29 is 55.1 Å². The molecule has 0 saturated carbocycles. The van der Waals surface area contributed by atoms with Crippen LogP contribution in [0.15, 0.2) is 0 Å². The van der Waals surface area contributed by atoms with E-state index in [4.69, 9.17) is 22.7 Å². The third kappa shape index (κ3) is 10.2. The maximum Gasteiger partial charge on any atom is 0.421 e. The number of urea groups is 1. The lowest BCUT2D eigenvalue weighted by atomic mass is 9.95. The number of carbonyl (C=O) groups excluding carboxylic acids is 5. The molecule has 0 aromatic heterocycles. The zero-order valence-corrected chi connectivity index (χ0v) is 27.6. The van der Waals surface area contributed by atoms with Crippen LogP contribution < -0.4 is 5.32 Å². The molecule has 16 nitrogen and oxygen atoms in total. The summed E-state index contributed by atoms with van der Waals surface area (Å²) in [5.41, 5.74) is -2.01. The maximum atomic E-state index is 13.2. The molecule has 44 heavy (non-hydrogen) atoms.